The van der Waals surface area contributed by atoms with E-state index in [9.17, 15) is 9.59 Å². The average Bonchev–Trinajstić information content (AvgIpc) is 3.29. The van der Waals surface area contributed by atoms with E-state index in [-0.39, 0.29) is 23.2 Å². The minimum absolute atomic E-state index is 0.0676. The van der Waals surface area contributed by atoms with E-state index in [0.717, 1.165) is 0 Å². The fraction of sp³-hybridized carbons (Fsp3) is 0.333. The zero-order valence-electron chi connectivity index (χ0n) is 21.6. The van der Waals surface area contributed by atoms with Crippen LogP contribution in [0, 0.1) is 0 Å². The van der Waals surface area contributed by atoms with Crippen molar-refractivity contribution < 1.29 is 18.4 Å². The van der Waals surface area contributed by atoms with Crippen LogP contribution < -0.4 is 26.0 Å². The highest BCUT2D eigenvalue weighted by atomic mass is 16.5. The monoisotopic (exact) mass is 469 g/mol. The maximum atomic E-state index is 12.7. The highest BCUT2D eigenvalue weighted by Crippen LogP contribution is 2.37. The molecule has 2 aromatic heterocycles. The third kappa shape index (κ3) is 4.88. The van der Waals surface area contributed by atoms with Crippen LogP contribution in [0.4, 0.5) is 22.0 Å². The van der Waals surface area contributed by atoms with Gasteiger partial charge in [-0.15, -0.1) is 10.2 Å². The number of methoxy groups -OCH3 is 1. The number of ether oxygens (including phenoxy) is 1. The second-order valence-corrected chi connectivity index (χ2v) is 7.37. The van der Waals surface area contributed by atoms with E-state index in [2.05, 4.69) is 36.2 Å². The van der Waals surface area contributed by atoms with E-state index < -0.39 is 12.9 Å². The first-order valence-corrected chi connectivity index (χ1v) is 10.4. The van der Waals surface area contributed by atoms with Gasteiger partial charge in [0.1, 0.15) is 6.33 Å². The maximum Gasteiger partial charge on any atom is 0.323 e. The Labute approximate surface area is 200 Å². The molecule has 178 valence electrons. The van der Waals surface area contributed by atoms with Crippen LogP contribution in [0.2, 0.25) is 0 Å². The molecule has 0 bridgehead atoms. The first kappa shape index (κ1) is 19.2. The largest absolute Gasteiger partial charge is 0.494 e. The number of anilines is 3. The quantitative estimate of drug-likeness (QED) is 0.411. The van der Waals surface area contributed by atoms with Gasteiger partial charge in [-0.2, -0.15) is 5.10 Å². The Balaban J connectivity index is 1.69. The number of benzene rings is 1. The highest BCUT2D eigenvalue weighted by molar-refractivity contribution is 5.99. The van der Waals surface area contributed by atoms with Crippen molar-refractivity contribution in [2.45, 2.75) is 0 Å². The molecule has 1 aliphatic heterocycles. The zero-order valence-corrected chi connectivity index (χ0v) is 18.6. The summed E-state index contributed by atoms with van der Waals surface area (Å²) in [6, 6.07) is 6.22. The van der Waals surface area contributed by atoms with Gasteiger partial charge in [-0.3, -0.25) is 14.8 Å². The topological polar surface area (TPSA) is 151 Å². The van der Waals surface area contributed by atoms with Crippen LogP contribution in [0.1, 0.15) is 14.6 Å². The van der Waals surface area contributed by atoms with Crippen molar-refractivity contribution in [3.05, 3.63) is 36.3 Å². The molecule has 13 heteroatoms. The fourth-order valence-corrected chi connectivity index (χ4v) is 3.47. The summed E-state index contributed by atoms with van der Waals surface area (Å²) in [6.45, 7) is -0.361. The summed E-state index contributed by atoms with van der Waals surface area (Å²) in [6.07, 6.45) is 1.55. The number of nitrogens with zero attached hydrogens (tertiary/aromatic N) is 6. The number of hydrogen-bond donors (Lipinski definition) is 4. The van der Waals surface area contributed by atoms with E-state index in [4.69, 9.17) is 8.85 Å². The summed E-state index contributed by atoms with van der Waals surface area (Å²) >= 11 is 0. The van der Waals surface area contributed by atoms with Gasteiger partial charge < -0.3 is 25.6 Å². The van der Waals surface area contributed by atoms with Crippen LogP contribution in [0.25, 0.3) is 11.4 Å². The van der Waals surface area contributed by atoms with Gasteiger partial charge in [0.2, 0.25) is 0 Å². The number of rotatable bonds is 6. The van der Waals surface area contributed by atoms with E-state index >= 15 is 0 Å². The van der Waals surface area contributed by atoms with E-state index in [1.807, 2.05) is 5.32 Å². The first-order valence-electron chi connectivity index (χ1n) is 11.9. The summed E-state index contributed by atoms with van der Waals surface area (Å²) in [4.78, 5) is 31.3. The summed E-state index contributed by atoms with van der Waals surface area (Å²) in [5, 5.41) is 22.9. The molecule has 13 nitrogen and oxygen atoms in total. The Kier molecular flexibility index (Phi) is 5.73. The van der Waals surface area contributed by atoms with Gasteiger partial charge >= 0.3 is 6.03 Å². The van der Waals surface area contributed by atoms with Gasteiger partial charge in [-0.25, -0.2) is 9.78 Å². The number of urea groups is 1. The molecular weight excluding hydrogens is 440 g/mol. The van der Waals surface area contributed by atoms with Crippen LogP contribution in [0.15, 0.2) is 30.6 Å². The molecule has 0 spiro atoms. The molecule has 0 atom stereocenters. The smallest absolute Gasteiger partial charge is 0.323 e. The minimum Gasteiger partial charge on any atom is -0.494 e. The number of aryl methyl sites for hydroxylation is 1. The van der Waals surface area contributed by atoms with Crippen molar-refractivity contribution in [2.24, 2.45) is 7.05 Å². The molecule has 3 heterocycles. The number of aromatic nitrogens is 5. The van der Waals surface area contributed by atoms with E-state index in [1.54, 1.807) is 41.2 Å². The number of piperazine rings is 1. The molecule has 4 N–H and O–H groups in total. The van der Waals surface area contributed by atoms with Crippen molar-refractivity contribution in [3.63, 3.8) is 0 Å². The number of hydrogen-bond acceptors (Lipinski definition) is 9. The molecule has 0 radical (unpaired) electrons. The molecule has 1 aliphatic rings. The number of carbonyl (C=O) groups excluding carboxylic acids is 2. The Morgan fingerprint density at radius 1 is 1.21 bits per heavy atom. The van der Waals surface area contributed by atoms with Crippen molar-refractivity contribution in [1.29, 1.82) is 0 Å². The number of amides is 3. The Bertz CT molecular complexity index is 1290. The lowest BCUT2D eigenvalue weighted by Crippen LogP contribution is -2.48. The molecular formula is C21H26N10O3. The van der Waals surface area contributed by atoms with Gasteiger partial charge in [0.15, 0.2) is 23.1 Å². The predicted octanol–water partition coefficient (Wildman–Crippen LogP) is 0.821. The average molecular weight is 470 g/mol. The van der Waals surface area contributed by atoms with Crippen molar-refractivity contribution in [2.75, 3.05) is 50.9 Å². The van der Waals surface area contributed by atoms with Crippen LogP contribution in [0.3, 0.4) is 0 Å². The molecule has 3 aromatic rings. The lowest BCUT2D eigenvalue weighted by atomic mass is 10.1. The molecule has 34 heavy (non-hydrogen) atoms. The normalized spacial score (nSPS) is 15.0. The summed E-state index contributed by atoms with van der Waals surface area (Å²) in [5.41, 5.74) is 0.801. The van der Waals surface area contributed by atoms with Gasteiger partial charge in [-0.1, -0.05) is 6.07 Å². The van der Waals surface area contributed by atoms with Crippen LogP contribution in [-0.2, 0) is 7.05 Å². The van der Waals surface area contributed by atoms with Gasteiger partial charge in [0.05, 0.1) is 24.0 Å². The van der Waals surface area contributed by atoms with Gasteiger partial charge in [0, 0.05) is 50.4 Å². The molecule has 1 aromatic carbocycles. The number of carbonyl (C=O) groups is 2. The SMILES string of the molecule is [2H]C([2H])([2H])NC(=O)c1nnc(NC(=O)N2CCNCC2)cc1Nc1cccc(-c2ncn(C)n2)c1OC. The van der Waals surface area contributed by atoms with Gasteiger partial charge in [0.25, 0.3) is 5.91 Å². The molecule has 0 unspecified atom stereocenters. The predicted molar refractivity (Wildman–Crippen MR) is 125 cm³/mol. The fourth-order valence-electron chi connectivity index (χ4n) is 3.47. The maximum absolute atomic E-state index is 12.7. The second-order valence-electron chi connectivity index (χ2n) is 7.37. The zero-order chi connectivity index (χ0) is 26.6. The molecule has 4 rings (SSSR count). The molecule has 1 saturated heterocycles. The first-order chi connectivity index (χ1) is 17.6. The summed E-state index contributed by atoms with van der Waals surface area (Å²) < 4.78 is 29.3. The van der Waals surface area contributed by atoms with Crippen LogP contribution in [0.5, 0.6) is 5.75 Å². The number of nitrogens with one attached hydrogen (secondary N) is 4. The van der Waals surface area contributed by atoms with Crippen LogP contribution in [-0.4, -0.2) is 82.1 Å². The van der Waals surface area contributed by atoms with Crippen molar-refractivity contribution in [3.8, 4) is 17.1 Å². The summed E-state index contributed by atoms with van der Waals surface area (Å²) in [5.74, 6) is -0.117. The third-order valence-corrected chi connectivity index (χ3v) is 5.09. The standard InChI is InChI=1S/C21H26N10O3/c1-22-20(32)17-15(11-16(27-28-17)26-21(33)31-9-7-23-8-10-31)25-14-6-4-5-13(18(14)34-3)19-24-12-30(2)29-19/h4-6,11-12,23H,7-10H2,1-3H3,(H,22,32)(H2,25,26,27,33)/i1D3. The number of para-hydroxylation sites is 1. The lowest BCUT2D eigenvalue weighted by molar-refractivity contribution is 0.0958. The third-order valence-electron chi connectivity index (χ3n) is 5.09. The van der Waals surface area contributed by atoms with Gasteiger partial charge in [-0.05, 0) is 12.1 Å². The highest BCUT2D eigenvalue weighted by Gasteiger charge is 2.21. The van der Waals surface area contributed by atoms with Crippen molar-refractivity contribution in [1.82, 2.24) is 40.5 Å². The lowest BCUT2D eigenvalue weighted by Gasteiger charge is -2.27. The second kappa shape index (κ2) is 10.1. The Morgan fingerprint density at radius 3 is 2.74 bits per heavy atom. The minimum atomic E-state index is -2.74. The molecule has 1 fully saturated rings. The Hall–Kier alpha value is -4.26. The molecule has 0 saturated carbocycles. The molecule has 0 aliphatic carbocycles. The van der Waals surface area contributed by atoms with Crippen LogP contribution >= 0.6 is 0 Å². The van der Waals surface area contributed by atoms with E-state index in [0.29, 0.717) is 49.0 Å². The summed E-state index contributed by atoms with van der Waals surface area (Å²) in [7, 11) is 3.21. The van der Waals surface area contributed by atoms with E-state index in [1.165, 1.54) is 13.2 Å². The Morgan fingerprint density at radius 2 is 2.03 bits per heavy atom. The molecule has 3 amide bonds. The van der Waals surface area contributed by atoms with Crippen molar-refractivity contribution >= 4 is 29.1 Å².